The summed E-state index contributed by atoms with van der Waals surface area (Å²) in [7, 11) is 1.46. The van der Waals surface area contributed by atoms with Gasteiger partial charge >= 0.3 is 6.36 Å². The largest absolute Gasteiger partial charge is 0.573 e. The molecule has 0 amide bonds. The summed E-state index contributed by atoms with van der Waals surface area (Å²) in [5.41, 5.74) is 0.899. The number of halogens is 3. The number of hydrogen-bond acceptors (Lipinski definition) is 4. The highest BCUT2D eigenvalue weighted by Gasteiger charge is 2.32. The maximum absolute atomic E-state index is 12.4. The number of rotatable bonds is 5. The topological polar surface area (TPSA) is 30.5 Å². The molecule has 21 heavy (non-hydrogen) atoms. The van der Waals surface area contributed by atoms with Gasteiger partial charge in [0.2, 0.25) is 0 Å². The Hall–Kier alpha value is -1.08. The van der Waals surface area contributed by atoms with Crippen LogP contribution in [0, 0.1) is 0 Å². The van der Waals surface area contributed by atoms with Gasteiger partial charge in [0, 0.05) is 12.1 Å². The molecule has 0 radical (unpaired) electrons. The summed E-state index contributed by atoms with van der Waals surface area (Å²) in [5.74, 6) is 0.218. The average molecular weight is 321 g/mol. The molecule has 1 aromatic carbocycles. The first kappa shape index (κ1) is 16.3. The first-order chi connectivity index (χ1) is 9.93. The lowest BCUT2D eigenvalue weighted by Crippen LogP contribution is -2.24. The van der Waals surface area contributed by atoms with Gasteiger partial charge in [0.05, 0.1) is 12.0 Å². The maximum atomic E-state index is 12.4. The number of alkyl halides is 3. The van der Waals surface area contributed by atoms with Gasteiger partial charge in [0.15, 0.2) is 0 Å². The van der Waals surface area contributed by atoms with Crippen LogP contribution < -0.4 is 14.8 Å². The van der Waals surface area contributed by atoms with Crippen LogP contribution in [-0.4, -0.2) is 32.3 Å². The Bertz CT molecular complexity index is 488. The first-order valence-electron chi connectivity index (χ1n) is 6.67. The molecule has 0 bridgehead atoms. The Morgan fingerprint density at radius 3 is 2.62 bits per heavy atom. The summed E-state index contributed by atoms with van der Waals surface area (Å²) in [6, 6.07) is 3.40. The van der Waals surface area contributed by atoms with E-state index in [-0.39, 0.29) is 5.75 Å². The Labute approximate surface area is 126 Å². The van der Waals surface area contributed by atoms with E-state index in [1.165, 1.54) is 24.9 Å². The SMILES string of the molecule is COc1cc(OC(F)(F)F)c(SC)cc1CC1CCCN1. The summed E-state index contributed by atoms with van der Waals surface area (Å²) < 4.78 is 46.6. The number of hydrogen-bond donors (Lipinski definition) is 1. The standard InChI is InChI=1S/C14H18F3NO2S/c1-19-11-8-12(20-14(15,16)17)13(21-2)7-9(11)6-10-4-3-5-18-10/h7-8,10,18H,3-6H2,1-2H3. The van der Waals surface area contributed by atoms with Crippen molar-refractivity contribution in [2.45, 2.75) is 36.6 Å². The van der Waals surface area contributed by atoms with Gasteiger partial charge < -0.3 is 14.8 Å². The Balaban J connectivity index is 2.28. The summed E-state index contributed by atoms with van der Waals surface area (Å²) in [6.45, 7) is 0.984. The van der Waals surface area contributed by atoms with E-state index >= 15 is 0 Å². The summed E-state index contributed by atoms with van der Waals surface area (Å²) in [6.07, 6.45) is -0.0497. The van der Waals surface area contributed by atoms with Crippen molar-refractivity contribution in [3.05, 3.63) is 17.7 Å². The third kappa shape index (κ3) is 4.44. The van der Waals surface area contributed by atoms with Crippen LogP contribution in [0.3, 0.4) is 0 Å². The Morgan fingerprint density at radius 2 is 2.10 bits per heavy atom. The van der Waals surface area contributed by atoms with Crippen molar-refractivity contribution < 1.29 is 22.6 Å². The normalized spacial score (nSPS) is 18.8. The van der Waals surface area contributed by atoms with Crippen LogP contribution in [0.25, 0.3) is 0 Å². The lowest BCUT2D eigenvalue weighted by Gasteiger charge is -2.18. The van der Waals surface area contributed by atoms with Crippen LogP contribution in [0.5, 0.6) is 11.5 Å². The molecule has 1 aliphatic heterocycles. The smallest absolute Gasteiger partial charge is 0.496 e. The lowest BCUT2D eigenvalue weighted by atomic mass is 10.0. The van der Waals surface area contributed by atoms with Crippen LogP contribution in [0.2, 0.25) is 0 Å². The van der Waals surface area contributed by atoms with Crippen LogP contribution in [0.1, 0.15) is 18.4 Å². The van der Waals surface area contributed by atoms with E-state index < -0.39 is 6.36 Å². The molecule has 0 spiro atoms. The van der Waals surface area contributed by atoms with Gasteiger partial charge in [-0.1, -0.05) is 0 Å². The second-order valence-corrected chi connectivity index (χ2v) is 5.71. The fourth-order valence-electron chi connectivity index (χ4n) is 2.49. The van der Waals surface area contributed by atoms with Gasteiger partial charge in [-0.2, -0.15) is 0 Å². The summed E-state index contributed by atoms with van der Waals surface area (Å²) in [4.78, 5) is 0.459. The molecule has 0 saturated carbocycles. The average Bonchev–Trinajstić information content (AvgIpc) is 2.91. The van der Waals surface area contributed by atoms with Crippen LogP contribution >= 0.6 is 11.8 Å². The number of nitrogens with one attached hydrogen (secondary N) is 1. The minimum atomic E-state index is -4.70. The van der Waals surface area contributed by atoms with E-state index in [4.69, 9.17) is 4.74 Å². The lowest BCUT2D eigenvalue weighted by molar-refractivity contribution is -0.275. The van der Waals surface area contributed by atoms with Crippen molar-refractivity contribution in [3.63, 3.8) is 0 Å². The quantitative estimate of drug-likeness (QED) is 0.839. The number of thioether (sulfide) groups is 1. The predicted molar refractivity (Wildman–Crippen MR) is 76.2 cm³/mol. The molecule has 1 aromatic rings. The maximum Gasteiger partial charge on any atom is 0.573 e. The highest BCUT2D eigenvalue weighted by atomic mass is 32.2. The van der Waals surface area contributed by atoms with Gasteiger partial charge in [-0.05, 0) is 43.7 Å². The highest BCUT2D eigenvalue weighted by Crippen LogP contribution is 2.38. The van der Waals surface area contributed by atoms with Crippen molar-refractivity contribution in [1.29, 1.82) is 0 Å². The van der Waals surface area contributed by atoms with Gasteiger partial charge in [-0.25, -0.2) is 0 Å². The molecule has 1 N–H and O–H groups in total. The fraction of sp³-hybridized carbons (Fsp3) is 0.571. The van der Waals surface area contributed by atoms with Crippen LogP contribution in [0.15, 0.2) is 17.0 Å². The van der Waals surface area contributed by atoms with E-state index in [9.17, 15) is 13.2 Å². The fourth-order valence-corrected chi connectivity index (χ4v) is 3.06. The molecular formula is C14H18F3NO2S. The Kier molecular flexibility index (Phi) is 5.27. The molecule has 1 aliphatic rings. The molecule has 1 fully saturated rings. The molecule has 1 saturated heterocycles. The second-order valence-electron chi connectivity index (χ2n) is 4.86. The summed E-state index contributed by atoms with van der Waals surface area (Å²) >= 11 is 1.23. The highest BCUT2D eigenvalue weighted by molar-refractivity contribution is 7.98. The van der Waals surface area contributed by atoms with E-state index in [1.807, 2.05) is 0 Å². The summed E-state index contributed by atoms with van der Waals surface area (Å²) in [5, 5.41) is 3.37. The predicted octanol–water partition coefficient (Wildman–Crippen LogP) is 3.61. The van der Waals surface area contributed by atoms with Crippen molar-refractivity contribution >= 4 is 11.8 Å². The van der Waals surface area contributed by atoms with Gasteiger partial charge in [0.1, 0.15) is 11.5 Å². The molecule has 3 nitrogen and oxygen atoms in total. The zero-order chi connectivity index (χ0) is 15.5. The molecule has 118 valence electrons. The first-order valence-corrected chi connectivity index (χ1v) is 7.89. The minimum absolute atomic E-state index is 0.213. The second kappa shape index (κ2) is 6.79. The molecule has 0 aromatic heterocycles. The molecule has 2 rings (SSSR count). The molecule has 1 unspecified atom stereocenters. The van der Waals surface area contributed by atoms with Crippen molar-refractivity contribution in [3.8, 4) is 11.5 Å². The van der Waals surface area contributed by atoms with Crippen molar-refractivity contribution in [2.24, 2.45) is 0 Å². The third-order valence-electron chi connectivity index (χ3n) is 3.42. The van der Waals surface area contributed by atoms with E-state index in [0.29, 0.717) is 16.7 Å². The van der Waals surface area contributed by atoms with Crippen molar-refractivity contribution in [1.82, 2.24) is 5.32 Å². The van der Waals surface area contributed by atoms with Gasteiger partial charge in [-0.3, -0.25) is 0 Å². The van der Waals surface area contributed by atoms with E-state index in [0.717, 1.165) is 31.4 Å². The molecule has 7 heteroatoms. The molecule has 1 atom stereocenters. The van der Waals surface area contributed by atoms with E-state index in [1.54, 1.807) is 12.3 Å². The zero-order valence-electron chi connectivity index (χ0n) is 11.9. The van der Waals surface area contributed by atoms with Gasteiger partial charge in [-0.15, -0.1) is 24.9 Å². The number of ether oxygens (including phenoxy) is 2. The third-order valence-corrected chi connectivity index (χ3v) is 4.18. The van der Waals surface area contributed by atoms with Crippen LogP contribution in [0.4, 0.5) is 13.2 Å². The minimum Gasteiger partial charge on any atom is -0.496 e. The number of methoxy groups -OCH3 is 1. The monoisotopic (exact) mass is 321 g/mol. The number of benzene rings is 1. The molecular weight excluding hydrogens is 303 g/mol. The van der Waals surface area contributed by atoms with Crippen molar-refractivity contribution in [2.75, 3.05) is 19.9 Å². The Morgan fingerprint density at radius 1 is 1.33 bits per heavy atom. The zero-order valence-corrected chi connectivity index (χ0v) is 12.7. The van der Waals surface area contributed by atoms with Gasteiger partial charge in [0.25, 0.3) is 0 Å². The molecule has 1 heterocycles. The van der Waals surface area contributed by atoms with Crippen LogP contribution in [-0.2, 0) is 6.42 Å². The molecule has 0 aliphatic carbocycles. The van der Waals surface area contributed by atoms with E-state index in [2.05, 4.69) is 10.1 Å².